The van der Waals surface area contributed by atoms with E-state index in [0.717, 1.165) is 0 Å². The molecule has 0 aliphatic carbocycles. The molecule has 1 N–H and O–H groups in total. The van der Waals surface area contributed by atoms with E-state index in [4.69, 9.17) is 11.6 Å². The zero-order valence-corrected chi connectivity index (χ0v) is 11.5. The van der Waals surface area contributed by atoms with Crippen molar-refractivity contribution in [2.75, 3.05) is 5.32 Å². The summed E-state index contributed by atoms with van der Waals surface area (Å²) >= 11 is 5.63. The quantitative estimate of drug-likeness (QED) is 0.933. The van der Waals surface area contributed by atoms with E-state index in [2.05, 4.69) is 29.4 Å². The number of nitrogens with one attached hydrogen (secondary N) is 1. The molecule has 1 aromatic carbocycles. The van der Waals surface area contributed by atoms with Gasteiger partial charge in [0, 0.05) is 5.56 Å². The Bertz CT molecular complexity index is 564. The maximum Gasteiger partial charge on any atom is 0.256 e. The van der Waals surface area contributed by atoms with Crippen molar-refractivity contribution in [1.29, 1.82) is 0 Å². The van der Waals surface area contributed by atoms with Gasteiger partial charge in [-0.25, -0.2) is 0 Å². The van der Waals surface area contributed by atoms with Crippen molar-refractivity contribution in [1.82, 2.24) is 10.2 Å². The Labute approximate surface area is 116 Å². The molecule has 0 aliphatic rings. The average Bonchev–Trinajstić information content (AvgIpc) is 2.41. The Kier molecular flexibility index (Phi) is 4.12. The number of nitrogens with zero attached hydrogens (tertiary/aromatic N) is 2. The molecular formula is C14H14ClN3O. The molecule has 1 aromatic heterocycles. The maximum absolute atomic E-state index is 12.0. The molecule has 0 radical (unpaired) electrons. The van der Waals surface area contributed by atoms with Crippen LogP contribution in [0.4, 0.5) is 5.82 Å². The van der Waals surface area contributed by atoms with Crippen LogP contribution in [0.2, 0.25) is 5.15 Å². The van der Waals surface area contributed by atoms with Crippen molar-refractivity contribution >= 4 is 23.3 Å². The summed E-state index contributed by atoms with van der Waals surface area (Å²) in [5, 5.41) is 10.4. The van der Waals surface area contributed by atoms with Crippen LogP contribution in [0, 0.1) is 0 Å². The highest BCUT2D eigenvalue weighted by molar-refractivity contribution is 6.29. The van der Waals surface area contributed by atoms with Crippen LogP contribution in [0.5, 0.6) is 0 Å². The van der Waals surface area contributed by atoms with Gasteiger partial charge in [-0.2, -0.15) is 0 Å². The average molecular weight is 276 g/mol. The van der Waals surface area contributed by atoms with Crippen LogP contribution in [-0.2, 0) is 0 Å². The molecule has 0 fully saturated rings. The number of hydrogen-bond acceptors (Lipinski definition) is 3. The molecule has 19 heavy (non-hydrogen) atoms. The molecule has 4 nitrogen and oxygen atoms in total. The first kappa shape index (κ1) is 13.5. The van der Waals surface area contributed by atoms with E-state index in [1.807, 2.05) is 12.1 Å². The van der Waals surface area contributed by atoms with E-state index >= 15 is 0 Å². The lowest BCUT2D eigenvalue weighted by atomic mass is 10.0. The third-order valence-corrected chi connectivity index (χ3v) is 2.91. The maximum atomic E-state index is 12.0. The molecule has 2 aromatic rings. The fraction of sp³-hybridized carbons (Fsp3) is 0.214. The fourth-order valence-corrected chi connectivity index (χ4v) is 1.69. The van der Waals surface area contributed by atoms with Crippen LogP contribution in [0.15, 0.2) is 36.4 Å². The number of hydrogen-bond donors (Lipinski definition) is 1. The number of carbonyl (C=O) groups is 1. The van der Waals surface area contributed by atoms with Crippen LogP contribution in [0.3, 0.4) is 0 Å². The largest absolute Gasteiger partial charge is 0.305 e. The highest BCUT2D eigenvalue weighted by Gasteiger charge is 2.08. The lowest BCUT2D eigenvalue weighted by Crippen LogP contribution is -2.13. The van der Waals surface area contributed by atoms with E-state index in [0.29, 0.717) is 22.5 Å². The molecule has 1 heterocycles. The third kappa shape index (κ3) is 3.51. The summed E-state index contributed by atoms with van der Waals surface area (Å²) < 4.78 is 0. The second-order valence-corrected chi connectivity index (χ2v) is 4.86. The predicted octanol–water partition coefficient (Wildman–Crippen LogP) is 3.51. The molecule has 0 saturated carbocycles. The zero-order valence-electron chi connectivity index (χ0n) is 10.7. The normalized spacial score (nSPS) is 10.5. The van der Waals surface area contributed by atoms with Gasteiger partial charge in [-0.3, -0.25) is 4.79 Å². The van der Waals surface area contributed by atoms with E-state index < -0.39 is 0 Å². The zero-order chi connectivity index (χ0) is 13.8. The summed E-state index contributed by atoms with van der Waals surface area (Å²) in [5.41, 5.74) is 1.78. The topological polar surface area (TPSA) is 54.9 Å². The number of anilines is 1. The Balaban J connectivity index is 2.09. The predicted molar refractivity (Wildman–Crippen MR) is 75.5 cm³/mol. The first-order valence-corrected chi connectivity index (χ1v) is 6.34. The van der Waals surface area contributed by atoms with Crippen molar-refractivity contribution in [2.24, 2.45) is 0 Å². The summed E-state index contributed by atoms with van der Waals surface area (Å²) in [6.45, 7) is 4.22. The Morgan fingerprint density at radius 2 is 1.79 bits per heavy atom. The Morgan fingerprint density at radius 3 is 2.32 bits per heavy atom. The molecule has 0 unspecified atom stereocenters. The lowest BCUT2D eigenvalue weighted by Gasteiger charge is -2.07. The van der Waals surface area contributed by atoms with Crippen LogP contribution < -0.4 is 5.32 Å². The summed E-state index contributed by atoms with van der Waals surface area (Å²) in [7, 11) is 0. The lowest BCUT2D eigenvalue weighted by molar-refractivity contribution is 0.102. The summed E-state index contributed by atoms with van der Waals surface area (Å²) in [5.74, 6) is 0.605. The number of halogens is 1. The minimum Gasteiger partial charge on any atom is -0.305 e. The number of rotatable bonds is 3. The van der Waals surface area contributed by atoms with E-state index in [9.17, 15) is 4.79 Å². The van der Waals surface area contributed by atoms with Crippen LogP contribution >= 0.6 is 11.6 Å². The van der Waals surface area contributed by atoms with Crippen molar-refractivity contribution in [3.8, 4) is 0 Å². The van der Waals surface area contributed by atoms with E-state index in [1.165, 1.54) is 5.56 Å². The van der Waals surface area contributed by atoms with Gasteiger partial charge < -0.3 is 5.32 Å². The SMILES string of the molecule is CC(C)c1ccc(C(=O)Nc2ccc(Cl)nn2)cc1. The first-order valence-electron chi connectivity index (χ1n) is 5.97. The number of benzene rings is 1. The highest BCUT2D eigenvalue weighted by atomic mass is 35.5. The summed E-state index contributed by atoms with van der Waals surface area (Å²) in [6, 6.07) is 10.7. The highest BCUT2D eigenvalue weighted by Crippen LogP contribution is 2.15. The van der Waals surface area contributed by atoms with Crippen molar-refractivity contribution in [2.45, 2.75) is 19.8 Å². The number of carbonyl (C=O) groups excluding carboxylic acids is 1. The summed E-state index contributed by atoms with van der Waals surface area (Å²) in [6.07, 6.45) is 0. The Hall–Kier alpha value is -1.94. The molecule has 0 bridgehead atoms. The van der Waals surface area contributed by atoms with E-state index in [1.54, 1.807) is 24.3 Å². The van der Waals surface area contributed by atoms with Gasteiger partial charge in [0.15, 0.2) is 11.0 Å². The van der Waals surface area contributed by atoms with Gasteiger partial charge in [0.25, 0.3) is 5.91 Å². The van der Waals surface area contributed by atoms with E-state index in [-0.39, 0.29) is 5.91 Å². The first-order chi connectivity index (χ1) is 9.06. The van der Waals surface area contributed by atoms with Crippen LogP contribution in [-0.4, -0.2) is 16.1 Å². The summed E-state index contributed by atoms with van der Waals surface area (Å²) in [4.78, 5) is 12.0. The minimum absolute atomic E-state index is 0.216. The second-order valence-electron chi connectivity index (χ2n) is 4.47. The van der Waals surface area contributed by atoms with Crippen LogP contribution in [0.1, 0.15) is 35.7 Å². The molecule has 5 heteroatoms. The number of amides is 1. The van der Waals surface area contributed by atoms with Crippen molar-refractivity contribution < 1.29 is 4.79 Å². The van der Waals surface area contributed by atoms with Gasteiger partial charge in [0.05, 0.1) is 0 Å². The fourth-order valence-electron chi connectivity index (χ4n) is 1.59. The molecule has 0 saturated heterocycles. The third-order valence-electron chi connectivity index (χ3n) is 2.71. The van der Waals surface area contributed by atoms with Crippen LogP contribution in [0.25, 0.3) is 0 Å². The van der Waals surface area contributed by atoms with Crippen molar-refractivity contribution in [3.05, 3.63) is 52.7 Å². The molecule has 1 amide bonds. The number of aromatic nitrogens is 2. The molecule has 0 atom stereocenters. The van der Waals surface area contributed by atoms with Gasteiger partial charge in [-0.15, -0.1) is 10.2 Å². The smallest absolute Gasteiger partial charge is 0.256 e. The molecule has 2 rings (SSSR count). The standard InChI is InChI=1S/C14H14ClN3O/c1-9(2)10-3-5-11(6-4-10)14(19)16-13-8-7-12(15)17-18-13/h3-9H,1-2H3,(H,16,18,19). The van der Waals surface area contributed by atoms with Gasteiger partial charge >= 0.3 is 0 Å². The van der Waals surface area contributed by atoms with Gasteiger partial charge in [-0.1, -0.05) is 37.6 Å². The molecule has 0 spiro atoms. The molecular weight excluding hydrogens is 262 g/mol. The van der Waals surface area contributed by atoms with Gasteiger partial charge in [0.1, 0.15) is 0 Å². The van der Waals surface area contributed by atoms with Gasteiger partial charge in [0.2, 0.25) is 0 Å². The molecule has 0 aliphatic heterocycles. The minimum atomic E-state index is -0.216. The van der Waals surface area contributed by atoms with Gasteiger partial charge in [-0.05, 0) is 35.7 Å². The molecule has 98 valence electrons. The second kappa shape index (κ2) is 5.80. The van der Waals surface area contributed by atoms with Crippen molar-refractivity contribution in [3.63, 3.8) is 0 Å². The Morgan fingerprint density at radius 1 is 1.11 bits per heavy atom. The monoisotopic (exact) mass is 275 g/mol.